The minimum absolute atomic E-state index is 0.217. The molecule has 3 nitrogen and oxygen atoms in total. The van der Waals surface area contributed by atoms with Crippen molar-refractivity contribution in [1.82, 2.24) is 4.57 Å². The van der Waals surface area contributed by atoms with Crippen molar-refractivity contribution in [3.8, 4) is 0 Å². The molecule has 0 atom stereocenters. The quantitative estimate of drug-likeness (QED) is 0.819. The number of carbonyl (C=O) groups is 1. The van der Waals surface area contributed by atoms with Crippen molar-refractivity contribution in [2.45, 2.75) is 26.2 Å². The van der Waals surface area contributed by atoms with Crippen LogP contribution in [-0.2, 0) is 5.41 Å². The summed E-state index contributed by atoms with van der Waals surface area (Å²) >= 11 is 0. The normalized spacial score (nSPS) is 11.7. The highest BCUT2D eigenvalue weighted by Crippen LogP contribution is 2.30. The van der Waals surface area contributed by atoms with Gasteiger partial charge in [-0.2, -0.15) is 0 Å². The Kier molecular flexibility index (Phi) is 2.77. The van der Waals surface area contributed by atoms with Gasteiger partial charge in [-0.1, -0.05) is 39.5 Å². The third-order valence-corrected chi connectivity index (χ3v) is 3.02. The molecule has 0 unspecified atom stereocenters. The molecule has 0 saturated carbocycles. The summed E-state index contributed by atoms with van der Waals surface area (Å²) in [6.45, 7) is 9.75. The van der Waals surface area contributed by atoms with Crippen molar-refractivity contribution in [1.29, 1.82) is 0 Å². The smallest absolute Gasteiger partial charge is 0.416 e. The molecular weight excluding hydrogens is 226 g/mol. The van der Waals surface area contributed by atoms with Crippen LogP contribution in [0.4, 0.5) is 4.79 Å². The molecule has 18 heavy (non-hydrogen) atoms. The van der Waals surface area contributed by atoms with Gasteiger partial charge in [-0.3, -0.25) is 0 Å². The second-order valence-electron chi connectivity index (χ2n) is 5.42. The van der Waals surface area contributed by atoms with E-state index in [4.69, 9.17) is 0 Å². The van der Waals surface area contributed by atoms with Crippen LogP contribution in [0.25, 0.3) is 17.0 Å². The van der Waals surface area contributed by atoms with Gasteiger partial charge in [-0.05, 0) is 23.8 Å². The molecule has 94 valence electrons. The van der Waals surface area contributed by atoms with E-state index in [1.54, 1.807) is 6.08 Å². The van der Waals surface area contributed by atoms with Gasteiger partial charge in [0.15, 0.2) is 0 Å². The van der Waals surface area contributed by atoms with Crippen LogP contribution < -0.4 is 0 Å². The number of nitrogens with zero attached hydrogens (tertiary/aromatic N) is 1. The van der Waals surface area contributed by atoms with Crippen molar-refractivity contribution < 1.29 is 9.90 Å². The number of hydrogen-bond acceptors (Lipinski definition) is 1. The van der Waals surface area contributed by atoms with Gasteiger partial charge in [-0.15, -0.1) is 0 Å². The van der Waals surface area contributed by atoms with Gasteiger partial charge in [-0.25, -0.2) is 9.36 Å². The average molecular weight is 243 g/mol. The van der Waals surface area contributed by atoms with Gasteiger partial charge < -0.3 is 5.11 Å². The molecule has 0 amide bonds. The van der Waals surface area contributed by atoms with E-state index in [1.807, 2.05) is 45.0 Å². The Hall–Kier alpha value is -2.03. The Bertz CT molecular complexity index is 630. The van der Waals surface area contributed by atoms with Crippen molar-refractivity contribution in [3.63, 3.8) is 0 Å². The first-order valence-corrected chi connectivity index (χ1v) is 5.86. The van der Waals surface area contributed by atoms with Crippen molar-refractivity contribution in [2.24, 2.45) is 0 Å². The molecule has 0 saturated heterocycles. The number of aromatic nitrogens is 1. The highest BCUT2D eigenvalue weighted by Gasteiger charge is 2.23. The molecular formula is C15H17NO2. The van der Waals surface area contributed by atoms with E-state index in [2.05, 4.69) is 6.58 Å². The standard InChI is InChI=1S/C15H17NO2/c1-5-10-6-7-12-11(8-10)9-13(15(2,3)4)16(12)14(17)18/h5-9H,1H2,2-4H3,(H,17,18). The minimum atomic E-state index is -0.943. The molecule has 2 rings (SSSR count). The Balaban J connectivity index is 2.83. The number of benzene rings is 1. The zero-order valence-corrected chi connectivity index (χ0v) is 10.9. The topological polar surface area (TPSA) is 42.2 Å². The van der Waals surface area contributed by atoms with Crippen LogP contribution in [0.3, 0.4) is 0 Å². The van der Waals surface area contributed by atoms with Gasteiger partial charge in [0.2, 0.25) is 0 Å². The summed E-state index contributed by atoms with van der Waals surface area (Å²) in [5.74, 6) is 0. The number of hydrogen-bond donors (Lipinski definition) is 1. The maximum atomic E-state index is 11.4. The fourth-order valence-electron chi connectivity index (χ4n) is 2.12. The third-order valence-electron chi connectivity index (χ3n) is 3.02. The summed E-state index contributed by atoms with van der Waals surface area (Å²) < 4.78 is 1.36. The largest absolute Gasteiger partial charge is 0.464 e. The molecule has 0 fully saturated rings. The second-order valence-corrected chi connectivity index (χ2v) is 5.42. The maximum Gasteiger partial charge on any atom is 0.416 e. The van der Waals surface area contributed by atoms with E-state index < -0.39 is 6.09 Å². The van der Waals surface area contributed by atoms with E-state index in [-0.39, 0.29) is 5.41 Å². The van der Waals surface area contributed by atoms with Crippen molar-refractivity contribution in [2.75, 3.05) is 0 Å². The Labute approximate surface area is 106 Å². The molecule has 0 aliphatic heterocycles. The SMILES string of the molecule is C=Cc1ccc2c(c1)cc(C(C)(C)C)n2C(=O)O. The first-order valence-electron chi connectivity index (χ1n) is 5.86. The van der Waals surface area contributed by atoms with Crippen LogP contribution in [0.1, 0.15) is 32.0 Å². The molecule has 0 bridgehead atoms. The summed E-state index contributed by atoms with van der Waals surface area (Å²) in [6, 6.07) is 7.60. The van der Waals surface area contributed by atoms with E-state index in [1.165, 1.54) is 4.57 Å². The molecule has 0 aliphatic rings. The lowest BCUT2D eigenvalue weighted by Crippen LogP contribution is -2.21. The van der Waals surface area contributed by atoms with Crippen molar-refractivity contribution in [3.05, 3.63) is 42.1 Å². The monoisotopic (exact) mass is 243 g/mol. The lowest BCUT2D eigenvalue weighted by atomic mass is 9.92. The second kappa shape index (κ2) is 4.02. The molecule has 2 aromatic rings. The molecule has 0 radical (unpaired) electrons. The van der Waals surface area contributed by atoms with E-state index in [0.717, 1.165) is 22.2 Å². The number of rotatable bonds is 1. The summed E-state index contributed by atoms with van der Waals surface area (Å²) in [6.07, 6.45) is 0.815. The van der Waals surface area contributed by atoms with Crippen molar-refractivity contribution >= 4 is 23.1 Å². The molecule has 0 aliphatic carbocycles. The minimum Gasteiger partial charge on any atom is -0.464 e. The zero-order chi connectivity index (χ0) is 13.5. The van der Waals surface area contributed by atoms with E-state index >= 15 is 0 Å². The van der Waals surface area contributed by atoms with E-state index in [9.17, 15) is 9.90 Å². The fourth-order valence-corrected chi connectivity index (χ4v) is 2.12. The highest BCUT2D eigenvalue weighted by atomic mass is 16.4. The van der Waals surface area contributed by atoms with Gasteiger partial charge in [0.25, 0.3) is 0 Å². The molecule has 3 heteroatoms. The third kappa shape index (κ3) is 1.92. The highest BCUT2D eigenvalue weighted by molar-refractivity contribution is 5.91. The lowest BCUT2D eigenvalue weighted by Gasteiger charge is -2.19. The zero-order valence-electron chi connectivity index (χ0n) is 10.9. The van der Waals surface area contributed by atoms with E-state index in [0.29, 0.717) is 0 Å². The van der Waals surface area contributed by atoms with Crippen LogP contribution in [0.2, 0.25) is 0 Å². The molecule has 0 spiro atoms. The summed E-state index contributed by atoms with van der Waals surface area (Å²) in [5.41, 5.74) is 2.29. The Morgan fingerprint density at radius 2 is 2.00 bits per heavy atom. The van der Waals surface area contributed by atoms with Crippen LogP contribution >= 0.6 is 0 Å². The van der Waals surface area contributed by atoms with Crippen LogP contribution in [-0.4, -0.2) is 15.8 Å². The lowest BCUT2D eigenvalue weighted by molar-refractivity contribution is 0.195. The van der Waals surface area contributed by atoms with Crippen LogP contribution in [0, 0.1) is 0 Å². The molecule has 1 aromatic heterocycles. The molecule has 1 aromatic carbocycles. The van der Waals surface area contributed by atoms with Gasteiger partial charge in [0, 0.05) is 16.5 Å². The predicted octanol–water partition coefficient (Wildman–Crippen LogP) is 4.11. The Morgan fingerprint density at radius 3 is 2.50 bits per heavy atom. The molecule has 1 heterocycles. The molecule has 1 N–H and O–H groups in total. The predicted molar refractivity (Wildman–Crippen MR) is 74.2 cm³/mol. The summed E-state index contributed by atoms with van der Waals surface area (Å²) in [5, 5.41) is 10.3. The summed E-state index contributed by atoms with van der Waals surface area (Å²) in [7, 11) is 0. The van der Waals surface area contributed by atoms with Crippen LogP contribution in [0.5, 0.6) is 0 Å². The maximum absolute atomic E-state index is 11.4. The fraction of sp³-hybridized carbons (Fsp3) is 0.267. The van der Waals surface area contributed by atoms with Gasteiger partial charge in [0.1, 0.15) is 0 Å². The number of carboxylic acid groups (broad SMARTS) is 1. The average Bonchev–Trinajstić information content (AvgIpc) is 2.66. The van der Waals surface area contributed by atoms with Gasteiger partial charge >= 0.3 is 6.09 Å². The van der Waals surface area contributed by atoms with Crippen LogP contribution in [0.15, 0.2) is 30.8 Å². The number of fused-ring (bicyclic) bond motifs is 1. The van der Waals surface area contributed by atoms with Gasteiger partial charge in [0.05, 0.1) is 5.52 Å². The first-order chi connectivity index (χ1) is 8.34. The Morgan fingerprint density at radius 1 is 1.33 bits per heavy atom. The first kappa shape index (κ1) is 12.4. The summed E-state index contributed by atoms with van der Waals surface area (Å²) in [4.78, 5) is 11.4.